The third-order valence-electron chi connectivity index (χ3n) is 8.47. The molecule has 0 radical (unpaired) electrons. The van der Waals surface area contributed by atoms with Crippen molar-refractivity contribution in [1.82, 2.24) is 5.32 Å². The fourth-order valence-corrected chi connectivity index (χ4v) is 5.37. The van der Waals surface area contributed by atoms with Crippen molar-refractivity contribution in [3.05, 3.63) is 48.6 Å². The highest BCUT2D eigenvalue weighted by atomic mass is 16.3. The van der Waals surface area contributed by atoms with Gasteiger partial charge in [0.1, 0.15) is 12.2 Å². The zero-order valence-electron chi connectivity index (χ0n) is 29.8. The predicted octanol–water partition coefficient (Wildman–Crippen LogP) is 9.17. The van der Waals surface area contributed by atoms with Crippen molar-refractivity contribution in [2.24, 2.45) is 0 Å². The number of aliphatic hydroxyl groups excluding tert-OH is 4. The van der Waals surface area contributed by atoms with Crippen molar-refractivity contribution in [3.8, 4) is 0 Å². The SMILES string of the molecule is CCCCC/C=C/CC/C=C/CC/C=C/CCCC(O)C(O)C(CO)NC(=O)C(O)CCCCCCCC/C=C\CCCCCC. The molecule has 0 saturated heterocycles. The Morgan fingerprint density at radius 3 is 1.41 bits per heavy atom. The van der Waals surface area contributed by atoms with Crippen LogP contribution in [0.2, 0.25) is 0 Å². The van der Waals surface area contributed by atoms with Crippen LogP contribution in [0, 0.1) is 0 Å². The lowest BCUT2D eigenvalue weighted by Gasteiger charge is -2.27. The number of allylic oxidation sites excluding steroid dienone is 8. The van der Waals surface area contributed by atoms with Crippen LogP contribution in [0.3, 0.4) is 0 Å². The number of nitrogens with one attached hydrogen (secondary N) is 1. The molecule has 5 N–H and O–H groups in total. The van der Waals surface area contributed by atoms with Crippen LogP contribution in [-0.4, -0.2) is 57.3 Å². The minimum Gasteiger partial charge on any atom is -0.394 e. The van der Waals surface area contributed by atoms with Crippen molar-refractivity contribution >= 4 is 5.91 Å². The maximum atomic E-state index is 12.4. The van der Waals surface area contributed by atoms with E-state index >= 15 is 0 Å². The van der Waals surface area contributed by atoms with Gasteiger partial charge in [-0.05, 0) is 89.9 Å². The zero-order chi connectivity index (χ0) is 33.9. The van der Waals surface area contributed by atoms with E-state index in [1.165, 1.54) is 70.6 Å². The lowest BCUT2D eigenvalue weighted by atomic mass is 10.00. The maximum Gasteiger partial charge on any atom is 0.249 e. The molecule has 0 aromatic heterocycles. The van der Waals surface area contributed by atoms with Gasteiger partial charge >= 0.3 is 0 Å². The number of aliphatic hydroxyl groups is 4. The molecule has 0 aliphatic carbocycles. The molecule has 268 valence electrons. The zero-order valence-corrected chi connectivity index (χ0v) is 29.8. The lowest BCUT2D eigenvalue weighted by Crippen LogP contribution is -2.53. The van der Waals surface area contributed by atoms with Crippen molar-refractivity contribution in [2.45, 2.75) is 192 Å². The molecular weight excluding hydrogens is 574 g/mol. The first-order valence-corrected chi connectivity index (χ1v) is 19.0. The van der Waals surface area contributed by atoms with Crippen LogP contribution in [0.5, 0.6) is 0 Å². The normalized spacial score (nSPS) is 15.0. The molecule has 0 aromatic carbocycles. The molecule has 0 fully saturated rings. The summed E-state index contributed by atoms with van der Waals surface area (Å²) < 4.78 is 0. The Kier molecular flexibility index (Phi) is 33.3. The second kappa shape index (κ2) is 34.6. The molecule has 0 rings (SSSR count). The fourth-order valence-electron chi connectivity index (χ4n) is 5.37. The van der Waals surface area contributed by atoms with Crippen LogP contribution in [0.25, 0.3) is 0 Å². The third kappa shape index (κ3) is 28.5. The number of amides is 1. The van der Waals surface area contributed by atoms with Gasteiger partial charge in [-0.25, -0.2) is 0 Å². The fraction of sp³-hybridized carbons (Fsp3) is 0.775. The van der Waals surface area contributed by atoms with Crippen molar-refractivity contribution in [1.29, 1.82) is 0 Å². The van der Waals surface area contributed by atoms with Crippen molar-refractivity contribution < 1.29 is 25.2 Å². The van der Waals surface area contributed by atoms with E-state index in [0.717, 1.165) is 64.2 Å². The van der Waals surface area contributed by atoms with E-state index in [1.807, 2.05) is 0 Å². The average molecular weight is 648 g/mol. The monoisotopic (exact) mass is 648 g/mol. The first kappa shape index (κ1) is 44.3. The minimum absolute atomic E-state index is 0.349. The van der Waals surface area contributed by atoms with Crippen LogP contribution in [0.15, 0.2) is 48.6 Å². The Morgan fingerprint density at radius 1 is 0.522 bits per heavy atom. The van der Waals surface area contributed by atoms with Gasteiger partial charge in [-0.3, -0.25) is 4.79 Å². The van der Waals surface area contributed by atoms with Crippen LogP contribution < -0.4 is 5.32 Å². The smallest absolute Gasteiger partial charge is 0.249 e. The summed E-state index contributed by atoms with van der Waals surface area (Å²) in [5.74, 6) is -0.609. The number of carbonyl (C=O) groups is 1. The number of hydrogen-bond acceptors (Lipinski definition) is 5. The Bertz CT molecular complexity index is 778. The summed E-state index contributed by atoms with van der Waals surface area (Å²) in [6, 6.07) is -1.01. The Labute approximate surface area is 283 Å². The molecule has 6 heteroatoms. The Hall–Kier alpha value is -1.73. The molecule has 6 nitrogen and oxygen atoms in total. The standard InChI is InChI=1S/C40H73NO5/c1-3-5-7-9-11-13-15-17-19-20-22-23-25-27-29-31-33-37(43)39(45)36(35-42)41-40(46)38(44)34-32-30-28-26-24-21-18-16-14-12-10-8-6-4-2/h11,13-14,16,19-20,25,27,36-39,42-45H,3-10,12,15,17-18,21-24,26,28-35H2,1-2H3,(H,41,46)/b13-11+,16-14-,20-19+,27-25+. The second-order valence-electron chi connectivity index (χ2n) is 12.9. The second-order valence-corrected chi connectivity index (χ2v) is 12.9. The van der Waals surface area contributed by atoms with Gasteiger partial charge in [0.05, 0.1) is 18.8 Å². The quantitative estimate of drug-likeness (QED) is 0.0360. The summed E-state index contributed by atoms with van der Waals surface area (Å²) in [6.45, 7) is 3.96. The number of carbonyl (C=O) groups excluding carboxylic acids is 1. The van der Waals surface area contributed by atoms with Crippen molar-refractivity contribution in [2.75, 3.05) is 6.61 Å². The van der Waals surface area contributed by atoms with Crippen LogP contribution in [-0.2, 0) is 4.79 Å². The van der Waals surface area contributed by atoms with E-state index in [2.05, 4.69) is 67.8 Å². The molecule has 0 spiro atoms. The van der Waals surface area contributed by atoms with Gasteiger partial charge in [-0.1, -0.05) is 127 Å². The number of rotatable bonds is 33. The first-order valence-electron chi connectivity index (χ1n) is 19.0. The van der Waals surface area contributed by atoms with E-state index in [1.54, 1.807) is 0 Å². The molecule has 1 amide bonds. The Balaban J connectivity index is 3.93. The summed E-state index contributed by atoms with van der Waals surface area (Å²) >= 11 is 0. The highest BCUT2D eigenvalue weighted by Crippen LogP contribution is 2.13. The summed E-state index contributed by atoms with van der Waals surface area (Å²) in [4.78, 5) is 12.4. The molecule has 0 saturated carbocycles. The minimum atomic E-state index is -1.29. The summed E-state index contributed by atoms with van der Waals surface area (Å²) in [5.41, 5.74) is 0. The molecule has 0 aromatic rings. The number of hydrogen-bond donors (Lipinski definition) is 5. The molecule has 0 heterocycles. The molecule has 4 unspecified atom stereocenters. The summed E-state index contributed by atoms with van der Waals surface area (Å²) in [7, 11) is 0. The van der Waals surface area contributed by atoms with E-state index in [-0.39, 0.29) is 0 Å². The van der Waals surface area contributed by atoms with Gasteiger partial charge in [0.2, 0.25) is 5.91 Å². The Morgan fingerprint density at radius 2 is 0.913 bits per heavy atom. The maximum absolute atomic E-state index is 12.4. The van der Waals surface area contributed by atoms with E-state index in [0.29, 0.717) is 19.3 Å². The van der Waals surface area contributed by atoms with Gasteiger partial charge in [0.15, 0.2) is 0 Å². The van der Waals surface area contributed by atoms with Gasteiger partial charge < -0.3 is 25.7 Å². The third-order valence-corrected chi connectivity index (χ3v) is 8.47. The van der Waals surface area contributed by atoms with E-state index in [9.17, 15) is 25.2 Å². The molecule has 0 aliphatic rings. The summed E-state index contributed by atoms with van der Waals surface area (Å²) in [6.07, 6.45) is 39.8. The topological polar surface area (TPSA) is 110 Å². The molecule has 46 heavy (non-hydrogen) atoms. The molecular formula is C40H73NO5. The van der Waals surface area contributed by atoms with Crippen LogP contribution >= 0.6 is 0 Å². The lowest BCUT2D eigenvalue weighted by molar-refractivity contribution is -0.132. The highest BCUT2D eigenvalue weighted by Gasteiger charge is 2.28. The van der Waals surface area contributed by atoms with E-state index in [4.69, 9.17) is 0 Å². The van der Waals surface area contributed by atoms with Gasteiger partial charge in [0.25, 0.3) is 0 Å². The first-order chi connectivity index (χ1) is 22.5. The molecule has 4 atom stereocenters. The average Bonchev–Trinajstić information content (AvgIpc) is 3.06. The largest absolute Gasteiger partial charge is 0.394 e. The van der Waals surface area contributed by atoms with Gasteiger partial charge in [-0.15, -0.1) is 0 Å². The summed E-state index contributed by atoms with van der Waals surface area (Å²) in [5, 5.41) is 43.4. The number of unbranched alkanes of at least 4 members (excludes halogenated alkanes) is 16. The van der Waals surface area contributed by atoms with Gasteiger partial charge in [-0.2, -0.15) is 0 Å². The molecule has 0 bridgehead atoms. The molecule has 0 aliphatic heterocycles. The predicted molar refractivity (Wildman–Crippen MR) is 196 cm³/mol. The van der Waals surface area contributed by atoms with E-state index < -0.39 is 36.9 Å². The van der Waals surface area contributed by atoms with Crippen LogP contribution in [0.1, 0.15) is 168 Å². The highest BCUT2D eigenvalue weighted by molar-refractivity contribution is 5.80. The van der Waals surface area contributed by atoms with Crippen molar-refractivity contribution in [3.63, 3.8) is 0 Å². The van der Waals surface area contributed by atoms with Gasteiger partial charge in [0, 0.05) is 0 Å². The van der Waals surface area contributed by atoms with Crippen LogP contribution in [0.4, 0.5) is 0 Å².